The maximum absolute atomic E-state index is 9.12. The lowest BCUT2D eigenvalue weighted by molar-refractivity contribution is 0.217. The second-order valence-corrected chi connectivity index (χ2v) is 4.00. The summed E-state index contributed by atoms with van der Waals surface area (Å²) in [7, 11) is 0. The minimum atomic E-state index is 0.234. The van der Waals surface area contributed by atoms with Gasteiger partial charge in [0, 0.05) is 0 Å². The minimum Gasteiger partial charge on any atom is -0.508 e. The van der Waals surface area contributed by atoms with Crippen LogP contribution in [0.4, 0.5) is 0 Å². The third-order valence-corrected chi connectivity index (χ3v) is 2.48. The fourth-order valence-electron chi connectivity index (χ4n) is 1.50. The molecule has 0 atom stereocenters. The van der Waals surface area contributed by atoms with Crippen molar-refractivity contribution in [2.75, 3.05) is 13.2 Å². The lowest BCUT2D eigenvalue weighted by Gasteiger charge is -2.08. The molecule has 94 valence electrons. The third kappa shape index (κ3) is 3.70. The number of hydrogen-bond donors (Lipinski definition) is 1. The van der Waals surface area contributed by atoms with Gasteiger partial charge in [0.1, 0.15) is 30.5 Å². The van der Waals surface area contributed by atoms with Crippen molar-refractivity contribution in [3.05, 3.63) is 54.1 Å². The van der Waals surface area contributed by atoms with E-state index >= 15 is 0 Å². The summed E-state index contributed by atoms with van der Waals surface area (Å²) < 4.78 is 11.0. The highest BCUT2D eigenvalue weighted by atomic mass is 16.5. The standard InChI is InChI=1S/C15H16O3/c1-12-2-6-14(7-3-12)17-10-11-18-15-8-4-13(16)5-9-15/h2-9,16H,10-11H2,1H3. The maximum atomic E-state index is 9.12. The average molecular weight is 244 g/mol. The number of benzene rings is 2. The summed E-state index contributed by atoms with van der Waals surface area (Å²) in [5.74, 6) is 1.80. The van der Waals surface area contributed by atoms with Gasteiger partial charge in [0.2, 0.25) is 0 Å². The number of ether oxygens (including phenoxy) is 2. The van der Waals surface area contributed by atoms with Crippen LogP contribution >= 0.6 is 0 Å². The van der Waals surface area contributed by atoms with E-state index in [9.17, 15) is 0 Å². The SMILES string of the molecule is Cc1ccc(OCCOc2ccc(O)cc2)cc1. The van der Waals surface area contributed by atoms with Crippen molar-refractivity contribution in [2.45, 2.75) is 6.92 Å². The van der Waals surface area contributed by atoms with Crippen LogP contribution in [0.2, 0.25) is 0 Å². The Morgan fingerprint density at radius 1 is 0.778 bits per heavy atom. The molecule has 18 heavy (non-hydrogen) atoms. The van der Waals surface area contributed by atoms with E-state index in [1.165, 1.54) is 5.56 Å². The predicted molar refractivity (Wildman–Crippen MR) is 70.3 cm³/mol. The Morgan fingerprint density at radius 2 is 1.22 bits per heavy atom. The van der Waals surface area contributed by atoms with Crippen molar-refractivity contribution in [1.29, 1.82) is 0 Å². The molecule has 0 saturated carbocycles. The molecule has 0 bridgehead atoms. The van der Waals surface area contributed by atoms with Gasteiger partial charge in [-0.25, -0.2) is 0 Å². The molecule has 0 spiro atoms. The van der Waals surface area contributed by atoms with Crippen molar-refractivity contribution < 1.29 is 14.6 Å². The van der Waals surface area contributed by atoms with Crippen LogP contribution in [-0.2, 0) is 0 Å². The molecule has 0 aliphatic rings. The summed E-state index contributed by atoms with van der Waals surface area (Å²) in [6.45, 7) is 3.00. The Balaban J connectivity index is 1.73. The molecule has 0 heterocycles. The molecule has 2 rings (SSSR count). The van der Waals surface area contributed by atoms with Gasteiger partial charge in [0.05, 0.1) is 0 Å². The van der Waals surface area contributed by atoms with Crippen LogP contribution in [0.5, 0.6) is 17.2 Å². The molecule has 1 N–H and O–H groups in total. The number of aryl methyl sites for hydroxylation is 1. The second kappa shape index (κ2) is 5.96. The van der Waals surface area contributed by atoms with E-state index in [1.807, 2.05) is 31.2 Å². The first-order valence-electron chi connectivity index (χ1n) is 5.85. The molecule has 0 unspecified atom stereocenters. The summed E-state index contributed by atoms with van der Waals surface area (Å²) in [5, 5.41) is 9.12. The number of phenolic OH excluding ortho intramolecular Hbond substituents is 1. The summed E-state index contributed by atoms with van der Waals surface area (Å²) >= 11 is 0. The monoisotopic (exact) mass is 244 g/mol. The van der Waals surface area contributed by atoms with Crippen LogP contribution < -0.4 is 9.47 Å². The fraction of sp³-hybridized carbons (Fsp3) is 0.200. The van der Waals surface area contributed by atoms with E-state index in [0.717, 1.165) is 11.5 Å². The average Bonchev–Trinajstić information content (AvgIpc) is 2.39. The Labute approximate surface area is 107 Å². The number of phenols is 1. The van der Waals surface area contributed by atoms with Gasteiger partial charge in [-0.3, -0.25) is 0 Å². The Hall–Kier alpha value is -2.16. The summed E-state index contributed by atoms with van der Waals surface area (Å²) in [6.07, 6.45) is 0. The highest BCUT2D eigenvalue weighted by Gasteiger charge is 1.96. The van der Waals surface area contributed by atoms with Crippen molar-refractivity contribution in [3.63, 3.8) is 0 Å². The summed E-state index contributed by atoms with van der Waals surface area (Å²) in [5.41, 5.74) is 1.21. The van der Waals surface area contributed by atoms with E-state index in [4.69, 9.17) is 14.6 Å². The topological polar surface area (TPSA) is 38.7 Å². The Bertz CT molecular complexity index is 427. The van der Waals surface area contributed by atoms with Gasteiger partial charge in [-0.15, -0.1) is 0 Å². The molecule has 0 radical (unpaired) electrons. The smallest absolute Gasteiger partial charge is 0.122 e. The van der Waals surface area contributed by atoms with Gasteiger partial charge in [-0.2, -0.15) is 0 Å². The lowest BCUT2D eigenvalue weighted by Crippen LogP contribution is -2.08. The van der Waals surface area contributed by atoms with E-state index in [1.54, 1.807) is 24.3 Å². The van der Waals surface area contributed by atoms with Gasteiger partial charge < -0.3 is 14.6 Å². The van der Waals surface area contributed by atoms with E-state index in [-0.39, 0.29) is 5.75 Å². The van der Waals surface area contributed by atoms with Crippen LogP contribution in [0.25, 0.3) is 0 Å². The van der Waals surface area contributed by atoms with Crippen LogP contribution in [0.1, 0.15) is 5.56 Å². The number of rotatable bonds is 5. The summed E-state index contributed by atoms with van der Waals surface area (Å²) in [6, 6.07) is 14.5. The van der Waals surface area contributed by atoms with Gasteiger partial charge in [0.15, 0.2) is 0 Å². The fourth-order valence-corrected chi connectivity index (χ4v) is 1.50. The van der Waals surface area contributed by atoms with Gasteiger partial charge in [0.25, 0.3) is 0 Å². The van der Waals surface area contributed by atoms with Crippen molar-refractivity contribution in [3.8, 4) is 17.2 Å². The normalized spacial score (nSPS) is 10.1. The first-order valence-corrected chi connectivity index (χ1v) is 5.85. The largest absolute Gasteiger partial charge is 0.508 e. The zero-order valence-electron chi connectivity index (χ0n) is 10.3. The molecule has 0 amide bonds. The molecule has 0 aliphatic carbocycles. The van der Waals surface area contributed by atoms with Gasteiger partial charge in [-0.05, 0) is 43.3 Å². The Morgan fingerprint density at radius 3 is 1.72 bits per heavy atom. The van der Waals surface area contributed by atoms with Crippen LogP contribution in [-0.4, -0.2) is 18.3 Å². The van der Waals surface area contributed by atoms with Crippen molar-refractivity contribution in [2.24, 2.45) is 0 Å². The second-order valence-electron chi connectivity index (χ2n) is 4.00. The Kier molecular flexibility index (Phi) is 4.07. The molecule has 3 heteroatoms. The van der Waals surface area contributed by atoms with Crippen LogP contribution in [0, 0.1) is 6.92 Å². The predicted octanol–water partition coefficient (Wildman–Crippen LogP) is 3.16. The zero-order valence-corrected chi connectivity index (χ0v) is 10.3. The van der Waals surface area contributed by atoms with Crippen molar-refractivity contribution >= 4 is 0 Å². The maximum Gasteiger partial charge on any atom is 0.122 e. The van der Waals surface area contributed by atoms with Crippen LogP contribution in [0.3, 0.4) is 0 Å². The number of hydrogen-bond acceptors (Lipinski definition) is 3. The first kappa shape index (κ1) is 12.3. The zero-order chi connectivity index (χ0) is 12.8. The van der Waals surface area contributed by atoms with E-state index in [2.05, 4.69) is 0 Å². The number of aromatic hydroxyl groups is 1. The van der Waals surface area contributed by atoms with Gasteiger partial charge >= 0.3 is 0 Å². The quantitative estimate of drug-likeness (QED) is 0.821. The molecule has 0 aromatic heterocycles. The molecule has 0 aliphatic heterocycles. The molecule has 2 aromatic rings. The molecular weight excluding hydrogens is 228 g/mol. The highest BCUT2D eigenvalue weighted by molar-refractivity contribution is 5.30. The minimum absolute atomic E-state index is 0.234. The van der Waals surface area contributed by atoms with Gasteiger partial charge in [-0.1, -0.05) is 17.7 Å². The highest BCUT2D eigenvalue weighted by Crippen LogP contribution is 2.16. The molecule has 0 saturated heterocycles. The first-order chi connectivity index (χ1) is 8.74. The lowest BCUT2D eigenvalue weighted by atomic mass is 10.2. The van der Waals surface area contributed by atoms with Crippen molar-refractivity contribution in [1.82, 2.24) is 0 Å². The van der Waals surface area contributed by atoms with E-state index in [0.29, 0.717) is 13.2 Å². The van der Waals surface area contributed by atoms with E-state index < -0.39 is 0 Å². The third-order valence-electron chi connectivity index (χ3n) is 2.48. The molecule has 2 aromatic carbocycles. The molecular formula is C15H16O3. The molecule has 3 nitrogen and oxygen atoms in total. The molecule has 0 fully saturated rings. The summed E-state index contributed by atoms with van der Waals surface area (Å²) in [4.78, 5) is 0. The van der Waals surface area contributed by atoms with Crippen LogP contribution in [0.15, 0.2) is 48.5 Å².